The lowest BCUT2D eigenvalue weighted by molar-refractivity contribution is -0.127. The van der Waals surface area contributed by atoms with E-state index < -0.39 is 0 Å². The number of amides is 1. The van der Waals surface area contributed by atoms with E-state index in [2.05, 4.69) is 48.5 Å². The van der Waals surface area contributed by atoms with Gasteiger partial charge in [-0.1, -0.05) is 84.9 Å². The average Bonchev–Trinajstić information content (AvgIpc) is 2.80. The summed E-state index contributed by atoms with van der Waals surface area (Å²) in [5.41, 5.74) is 4.97. The number of carbonyl (C=O) groups is 1. The summed E-state index contributed by atoms with van der Waals surface area (Å²) in [5, 5.41) is 0. The van der Waals surface area contributed by atoms with Gasteiger partial charge >= 0.3 is 0 Å². The van der Waals surface area contributed by atoms with E-state index in [9.17, 15) is 4.79 Å². The number of piperidine rings is 1. The van der Waals surface area contributed by atoms with Crippen LogP contribution in [0.15, 0.2) is 91.0 Å². The highest BCUT2D eigenvalue weighted by molar-refractivity contribution is 5.91. The molecule has 1 heterocycles. The number of rotatable bonds is 5. The van der Waals surface area contributed by atoms with Crippen LogP contribution in [0.25, 0.3) is 17.2 Å². The molecule has 146 valence electrons. The zero-order valence-corrected chi connectivity index (χ0v) is 16.7. The molecule has 0 aromatic heterocycles. The van der Waals surface area contributed by atoms with Crippen LogP contribution in [0.2, 0.25) is 0 Å². The monoisotopic (exact) mass is 381 g/mol. The normalized spacial score (nSPS) is 15.0. The van der Waals surface area contributed by atoms with Crippen LogP contribution in [0, 0.1) is 5.92 Å². The van der Waals surface area contributed by atoms with Crippen LogP contribution in [0.4, 0.5) is 0 Å². The van der Waals surface area contributed by atoms with Gasteiger partial charge in [-0.15, -0.1) is 0 Å². The van der Waals surface area contributed by atoms with E-state index >= 15 is 0 Å². The predicted molar refractivity (Wildman–Crippen MR) is 120 cm³/mol. The third kappa shape index (κ3) is 5.23. The fourth-order valence-electron chi connectivity index (χ4n) is 3.99. The molecule has 0 saturated carbocycles. The van der Waals surface area contributed by atoms with Gasteiger partial charge in [0.15, 0.2) is 0 Å². The smallest absolute Gasteiger partial charge is 0.246 e. The van der Waals surface area contributed by atoms with E-state index in [1.54, 1.807) is 6.08 Å². The first-order valence-corrected chi connectivity index (χ1v) is 10.4. The molecule has 0 unspecified atom stereocenters. The van der Waals surface area contributed by atoms with Crippen molar-refractivity contribution in [2.45, 2.75) is 19.3 Å². The summed E-state index contributed by atoms with van der Waals surface area (Å²) in [5.74, 6) is 0.777. The van der Waals surface area contributed by atoms with E-state index in [4.69, 9.17) is 0 Å². The molecule has 4 rings (SSSR count). The molecule has 1 amide bonds. The van der Waals surface area contributed by atoms with Crippen molar-refractivity contribution < 1.29 is 4.79 Å². The number of carbonyl (C=O) groups excluding carboxylic acids is 1. The molecule has 1 saturated heterocycles. The average molecular weight is 382 g/mol. The molecule has 2 nitrogen and oxygen atoms in total. The molecule has 1 fully saturated rings. The molecule has 0 radical (unpaired) electrons. The summed E-state index contributed by atoms with van der Waals surface area (Å²) in [6, 6.07) is 29.4. The molecular weight excluding hydrogens is 354 g/mol. The molecule has 3 aromatic rings. The Bertz CT molecular complexity index is 937. The second-order valence-electron chi connectivity index (χ2n) is 7.78. The quantitative estimate of drug-likeness (QED) is 0.508. The van der Waals surface area contributed by atoms with Crippen LogP contribution in [0.1, 0.15) is 24.0 Å². The highest BCUT2D eigenvalue weighted by Gasteiger charge is 2.21. The van der Waals surface area contributed by atoms with Gasteiger partial charge in [-0.25, -0.2) is 0 Å². The minimum Gasteiger partial charge on any atom is -0.339 e. The lowest BCUT2D eigenvalue weighted by Gasteiger charge is -2.31. The lowest BCUT2D eigenvalue weighted by atomic mass is 9.89. The van der Waals surface area contributed by atoms with Gasteiger partial charge in [-0.05, 0) is 53.5 Å². The fourth-order valence-corrected chi connectivity index (χ4v) is 3.99. The zero-order valence-electron chi connectivity index (χ0n) is 16.7. The number of hydrogen-bond donors (Lipinski definition) is 0. The second-order valence-corrected chi connectivity index (χ2v) is 7.78. The summed E-state index contributed by atoms with van der Waals surface area (Å²) in [6.07, 6.45) is 6.86. The van der Waals surface area contributed by atoms with Crippen molar-refractivity contribution in [1.82, 2.24) is 4.90 Å². The van der Waals surface area contributed by atoms with Crippen LogP contribution < -0.4 is 0 Å². The fraction of sp³-hybridized carbons (Fsp3) is 0.222. The van der Waals surface area contributed by atoms with E-state index in [-0.39, 0.29) is 5.91 Å². The van der Waals surface area contributed by atoms with E-state index in [1.807, 2.05) is 47.4 Å². The third-order valence-electron chi connectivity index (χ3n) is 5.73. The van der Waals surface area contributed by atoms with Gasteiger partial charge in [-0.3, -0.25) is 4.79 Å². The third-order valence-corrected chi connectivity index (χ3v) is 5.73. The SMILES string of the molecule is O=C(/C=C/c1ccccc1)N1CCC(Cc2ccc(-c3ccccc3)cc2)CC1. The number of likely N-dealkylation sites (tertiary alicyclic amines) is 1. The van der Waals surface area contributed by atoms with Crippen LogP contribution in [0.5, 0.6) is 0 Å². The summed E-state index contributed by atoms with van der Waals surface area (Å²) < 4.78 is 0. The van der Waals surface area contributed by atoms with E-state index in [1.165, 1.54) is 16.7 Å². The van der Waals surface area contributed by atoms with Gasteiger partial charge in [0.25, 0.3) is 0 Å². The molecule has 1 aliphatic rings. The Morgan fingerprint density at radius 2 is 1.38 bits per heavy atom. The first kappa shape index (κ1) is 19.2. The Balaban J connectivity index is 1.27. The molecule has 3 aromatic carbocycles. The van der Waals surface area contributed by atoms with E-state index in [0.717, 1.165) is 37.9 Å². The summed E-state index contributed by atoms with van der Waals surface area (Å²) in [6.45, 7) is 1.70. The number of nitrogens with zero attached hydrogens (tertiary/aromatic N) is 1. The van der Waals surface area contributed by atoms with Gasteiger partial charge in [0.05, 0.1) is 0 Å². The maximum atomic E-state index is 12.4. The van der Waals surface area contributed by atoms with Crippen molar-refractivity contribution in [2.24, 2.45) is 5.92 Å². The first-order chi connectivity index (χ1) is 14.3. The zero-order chi connectivity index (χ0) is 19.9. The molecular formula is C27H27NO. The lowest BCUT2D eigenvalue weighted by Crippen LogP contribution is -2.37. The van der Waals surface area contributed by atoms with Crippen molar-refractivity contribution >= 4 is 12.0 Å². The van der Waals surface area contributed by atoms with Crippen molar-refractivity contribution in [3.63, 3.8) is 0 Å². The topological polar surface area (TPSA) is 20.3 Å². The first-order valence-electron chi connectivity index (χ1n) is 10.4. The van der Waals surface area contributed by atoms with Crippen LogP contribution in [-0.4, -0.2) is 23.9 Å². The van der Waals surface area contributed by atoms with Gasteiger partial charge < -0.3 is 4.90 Å². The molecule has 2 heteroatoms. The molecule has 0 bridgehead atoms. The molecule has 0 spiro atoms. The van der Waals surface area contributed by atoms with E-state index in [0.29, 0.717) is 5.92 Å². The standard InChI is InChI=1S/C27H27NO/c29-27(16-13-22-7-3-1-4-8-22)28-19-17-24(18-20-28)21-23-11-14-26(15-12-23)25-9-5-2-6-10-25/h1-16,24H,17-21H2/b16-13+. The molecule has 0 N–H and O–H groups in total. The van der Waals surface area contributed by atoms with Crippen LogP contribution in [0.3, 0.4) is 0 Å². The predicted octanol–water partition coefficient (Wildman–Crippen LogP) is 5.85. The Morgan fingerprint density at radius 1 is 0.793 bits per heavy atom. The molecule has 29 heavy (non-hydrogen) atoms. The second kappa shape index (κ2) is 9.38. The molecule has 0 aliphatic carbocycles. The minimum atomic E-state index is 0.125. The molecule has 1 aliphatic heterocycles. The summed E-state index contributed by atoms with van der Waals surface area (Å²) >= 11 is 0. The van der Waals surface area contributed by atoms with Gasteiger partial charge in [0, 0.05) is 19.2 Å². The van der Waals surface area contributed by atoms with Gasteiger partial charge in [-0.2, -0.15) is 0 Å². The Labute approximate surface area is 173 Å². The maximum absolute atomic E-state index is 12.4. The molecule has 0 atom stereocenters. The Morgan fingerprint density at radius 3 is 2.03 bits per heavy atom. The summed E-state index contributed by atoms with van der Waals surface area (Å²) in [7, 11) is 0. The highest BCUT2D eigenvalue weighted by atomic mass is 16.2. The Kier molecular flexibility index (Phi) is 6.21. The summed E-state index contributed by atoms with van der Waals surface area (Å²) in [4.78, 5) is 14.4. The van der Waals surface area contributed by atoms with Crippen molar-refractivity contribution in [3.8, 4) is 11.1 Å². The Hall–Kier alpha value is -3.13. The van der Waals surface area contributed by atoms with Crippen molar-refractivity contribution in [2.75, 3.05) is 13.1 Å². The van der Waals surface area contributed by atoms with Gasteiger partial charge in [0.2, 0.25) is 5.91 Å². The number of benzene rings is 3. The maximum Gasteiger partial charge on any atom is 0.246 e. The van der Waals surface area contributed by atoms with Crippen LogP contribution in [-0.2, 0) is 11.2 Å². The number of hydrogen-bond acceptors (Lipinski definition) is 1. The van der Waals surface area contributed by atoms with Crippen molar-refractivity contribution in [3.05, 3.63) is 102 Å². The van der Waals surface area contributed by atoms with Gasteiger partial charge in [0.1, 0.15) is 0 Å². The van der Waals surface area contributed by atoms with Crippen LogP contribution >= 0.6 is 0 Å². The largest absolute Gasteiger partial charge is 0.339 e. The minimum absolute atomic E-state index is 0.125. The highest BCUT2D eigenvalue weighted by Crippen LogP contribution is 2.24. The van der Waals surface area contributed by atoms with Crippen molar-refractivity contribution in [1.29, 1.82) is 0 Å².